The van der Waals surface area contributed by atoms with Gasteiger partial charge in [0.15, 0.2) is 0 Å². The van der Waals surface area contributed by atoms with Gasteiger partial charge in [-0.25, -0.2) is 0 Å². The summed E-state index contributed by atoms with van der Waals surface area (Å²) in [5.41, 5.74) is 1.53. The van der Waals surface area contributed by atoms with Crippen molar-refractivity contribution in [3.05, 3.63) is 0 Å². The van der Waals surface area contributed by atoms with Crippen LogP contribution in [0.25, 0.3) is 0 Å². The van der Waals surface area contributed by atoms with Crippen molar-refractivity contribution in [1.82, 2.24) is 0 Å². The van der Waals surface area contributed by atoms with Crippen LogP contribution in [0.5, 0.6) is 0 Å². The fourth-order valence-corrected chi connectivity index (χ4v) is 11.7. The van der Waals surface area contributed by atoms with Crippen LogP contribution >= 0.6 is 0 Å². The molecule has 0 spiro atoms. The molecular formula is C18H36O2Si. The zero-order valence-electron chi connectivity index (χ0n) is 15.0. The monoisotopic (exact) mass is 312 g/mol. The van der Waals surface area contributed by atoms with Crippen LogP contribution in [-0.2, 0) is 8.85 Å². The first-order valence-corrected chi connectivity index (χ1v) is 11.4. The zero-order valence-corrected chi connectivity index (χ0v) is 16.0. The molecule has 0 heterocycles. The third-order valence-corrected chi connectivity index (χ3v) is 11.3. The molecule has 21 heavy (non-hydrogen) atoms. The summed E-state index contributed by atoms with van der Waals surface area (Å²) in [5, 5.41) is 0. The van der Waals surface area contributed by atoms with Gasteiger partial charge in [0, 0.05) is 24.3 Å². The molecule has 0 aromatic rings. The molecule has 4 unspecified atom stereocenters. The summed E-state index contributed by atoms with van der Waals surface area (Å²) in [5.74, 6) is 3.48. The summed E-state index contributed by atoms with van der Waals surface area (Å²) in [6.07, 6.45) is 5.22. The number of rotatable bonds is 10. The van der Waals surface area contributed by atoms with Gasteiger partial charge in [-0.3, -0.25) is 0 Å². The largest absolute Gasteiger partial charge is 0.394 e. The van der Waals surface area contributed by atoms with E-state index in [-0.39, 0.29) is 0 Å². The Bertz CT molecular complexity index is 281. The zero-order chi connectivity index (χ0) is 15.6. The standard InChI is InChI=1S/C18H36O2Si/c1-7-13-14(8-2)17(13)21(19-11-5,20-12-6)18-15(9-3)16(18)10-4/h13-18H,7-12H2,1-6H3. The third kappa shape index (κ3) is 2.86. The molecule has 4 atom stereocenters. The smallest absolute Gasteiger partial charge is 0.345 e. The van der Waals surface area contributed by atoms with E-state index in [0.29, 0.717) is 0 Å². The van der Waals surface area contributed by atoms with Crippen molar-refractivity contribution < 1.29 is 8.85 Å². The predicted molar refractivity (Wildman–Crippen MR) is 91.6 cm³/mol. The van der Waals surface area contributed by atoms with Gasteiger partial charge in [0.05, 0.1) is 0 Å². The molecule has 2 rings (SSSR count). The van der Waals surface area contributed by atoms with Crippen LogP contribution in [0.15, 0.2) is 0 Å². The first kappa shape index (κ1) is 17.5. The van der Waals surface area contributed by atoms with E-state index < -0.39 is 8.56 Å². The summed E-state index contributed by atoms with van der Waals surface area (Å²) in [4.78, 5) is 0. The van der Waals surface area contributed by atoms with Gasteiger partial charge < -0.3 is 8.85 Å². The van der Waals surface area contributed by atoms with E-state index in [1.54, 1.807) is 0 Å². The second kappa shape index (κ2) is 7.14. The van der Waals surface area contributed by atoms with Crippen LogP contribution in [0.3, 0.4) is 0 Å². The van der Waals surface area contributed by atoms with Crippen molar-refractivity contribution in [2.45, 2.75) is 78.3 Å². The van der Waals surface area contributed by atoms with Crippen molar-refractivity contribution in [1.29, 1.82) is 0 Å². The SMILES string of the molecule is CCO[Si](OCC)(C1C(CC)C1CC)C1C(CC)C1CC. The van der Waals surface area contributed by atoms with Crippen molar-refractivity contribution in [2.24, 2.45) is 23.7 Å². The second-order valence-electron chi connectivity index (χ2n) is 6.93. The summed E-state index contributed by atoms with van der Waals surface area (Å²) in [6, 6.07) is 0. The van der Waals surface area contributed by atoms with Gasteiger partial charge in [0.1, 0.15) is 0 Å². The lowest BCUT2D eigenvalue weighted by Gasteiger charge is -2.32. The maximum absolute atomic E-state index is 6.56. The molecule has 2 fully saturated rings. The highest BCUT2D eigenvalue weighted by molar-refractivity contribution is 6.72. The molecule has 2 nitrogen and oxygen atoms in total. The minimum Gasteiger partial charge on any atom is -0.394 e. The number of hydrogen-bond acceptors (Lipinski definition) is 2. The van der Waals surface area contributed by atoms with E-state index in [1.165, 1.54) is 25.7 Å². The predicted octanol–water partition coefficient (Wildman–Crippen LogP) is 5.37. The Morgan fingerprint density at radius 1 is 0.571 bits per heavy atom. The highest BCUT2D eigenvalue weighted by Gasteiger charge is 2.73. The summed E-state index contributed by atoms with van der Waals surface area (Å²) in [6.45, 7) is 15.4. The van der Waals surface area contributed by atoms with Gasteiger partial charge in [-0.15, -0.1) is 0 Å². The molecule has 0 amide bonds. The Labute approximate surface area is 133 Å². The first-order valence-electron chi connectivity index (χ1n) is 9.44. The molecule has 0 N–H and O–H groups in total. The Kier molecular flexibility index (Phi) is 5.95. The topological polar surface area (TPSA) is 18.5 Å². The maximum Gasteiger partial charge on any atom is 0.345 e. The molecule has 0 aromatic carbocycles. The summed E-state index contributed by atoms with van der Waals surface area (Å²) < 4.78 is 13.1. The van der Waals surface area contributed by atoms with Crippen molar-refractivity contribution in [2.75, 3.05) is 13.2 Å². The van der Waals surface area contributed by atoms with E-state index in [4.69, 9.17) is 8.85 Å². The Morgan fingerprint density at radius 3 is 1.05 bits per heavy atom. The molecule has 2 aliphatic rings. The highest BCUT2D eigenvalue weighted by atomic mass is 28.4. The lowest BCUT2D eigenvalue weighted by molar-refractivity contribution is 0.173. The summed E-state index contributed by atoms with van der Waals surface area (Å²) in [7, 11) is -2.06. The van der Waals surface area contributed by atoms with E-state index in [2.05, 4.69) is 41.5 Å². The van der Waals surface area contributed by atoms with E-state index in [1.807, 2.05) is 0 Å². The normalized spacial score (nSPS) is 38.6. The number of hydrogen-bond donors (Lipinski definition) is 0. The molecule has 0 radical (unpaired) electrons. The van der Waals surface area contributed by atoms with E-state index >= 15 is 0 Å². The van der Waals surface area contributed by atoms with E-state index in [0.717, 1.165) is 48.0 Å². The van der Waals surface area contributed by atoms with Crippen LogP contribution in [0, 0.1) is 23.7 Å². The lowest BCUT2D eigenvalue weighted by Crippen LogP contribution is -2.46. The average molecular weight is 313 g/mol. The van der Waals surface area contributed by atoms with Gasteiger partial charge >= 0.3 is 8.56 Å². The van der Waals surface area contributed by atoms with Crippen LogP contribution in [-0.4, -0.2) is 21.8 Å². The minimum atomic E-state index is -2.06. The molecule has 0 saturated heterocycles. The van der Waals surface area contributed by atoms with Gasteiger partial charge in [-0.2, -0.15) is 0 Å². The molecule has 0 aromatic heterocycles. The van der Waals surface area contributed by atoms with Gasteiger partial charge in [0.25, 0.3) is 0 Å². The highest BCUT2D eigenvalue weighted by Crippen LogP contribution is 2.72. The molecule has 2 aliphatic carbocycles. The Hall–Kier alpha value is 0.137. The van der Waals surface area contributed by atoms with Crippen molar-refractivity contribution >= 4 is 8.56 Å². The lowest BCUT2D eigenvalue weighted by atomic mass is 10.2. The molecule has 0 bridgehead atoms. The first-order chi connectivity index (χ1) is 10.2. The van der Waals surface area contributed by atoms with Crippen LogP contribution in [0.2, 0.25) is 11.1 Å². The third-order valence-electron chi connectivity index (χ3n) is 6.22. The molecule has 0 aliphatic heterocycles. The fraction of sp³-hybridized carbons (Fsp3) is 1.00. The quantitative estimate of drug-likeness (QED) is 0.505. The van der Waals surface area contributed by atoms with E-state index in [9.17, 15) is 0 Å². The van der Waals surface area contributed by atoms with Gasteiger partial charge in [-0.1, -0.05) is 53.4 Å². The van der Waals surface area contributed by atoms with Crippen molar-refractivity contribution in [3.63, 3.8) is 0 Å². The fourth-order valence-electron chi connectivity index (χ4n) is 5.41. The van der Waals surface area contributed by atoms with Crippen LogP contribution in [0.1, 0.15) is 67.2 Å². The summed E-state index contributed by atoms with van der Waals surface area (Å²) >= 11 is 0. The molecular weight excluding hydrogens is 276 g/mol. The van der Waals surface area contributed by atoms with Crippen molar-refractivity contribution in [3.8, 4) is 0 Å². The van der Waals surface area contributed by atoms with Crippen LogP contribution in [0.4, 0.5) is 0 Å². The maximum atomic E-state index is 6.56. The van der Waals surface area contributed by atoms with Gasteiger partial charge in [0.2, 0.25) is 0 Å². The Morgan fingerprint density at radius 2 is 0.857 bits per heavy atom. The average Bonchev–Trinajstić information content (AvgIpc) is 3.38. The van der Waals surface area contributed by atoms with Gasteiger partial charge in [-0.05, 0) is 37.5 Å². The molecule has 3 heteroatoms. The van der Waals surface area contributed by atoms with Crippen LogP contribution < -0.4 is 0 Å². The molecule has 124 valence electrons. The Balaban J connectivity index is 2.26. The minimum absolute atomic E-state index is 0.767. The molecule has 2 saturated carbocycles. The second-order valence-corrected chi connectivity index (χ2v) is 10.3.